The summed E-state index contributed by atoms with van der Waals surface area (Å²) >= 11 is 0. The second-order valence-electron chi connectivity index (χ2n) is 11.3. The molecule has 7 heteroatoms. The lowest BCUT2D eigenvalue weighted by molar-refractivity contribution is 0.184. The van der Waals surface area contributed by atoms with Crippen LogP contribution in [0.5, 0.6) is 11.5 Å². The van der Waals surface area contributed by atoms with Gasteiger partial charge in [0.25, 0.3) is 0 Å². The lowest BCUT2D eigenvalue weighted by atomic mass is 10.1. The zero-order chi connectivity index (χ0) is 27.7. The van der Waals surface area contributed by atoms with Gasteiger partial charge in [0.15, 0.2) is 0 Å². The van der Waals surface area contributed by atoms with Crippen LogP contribution in [0.15, 0.2) is 73.2 Å². The molecule has 2 heterocycles. The van der Waals surface area contributed by atoms with Gasteiger partial charge in [-0.3, -0.25) is 0 Å². The largest absolute Gasteiger partial charge is 0.457 e. The molecule has 1 aliphatic carbocycles. The fourth-order valence-corrected chi connectivity index (χ4v) is 5.98. The van der Waals surface area contributed by atoms with E-state index >= 15 is 0 Å². The Hall–Kier alpha value is -3.42. The monoisotopic (exact) mass is 540 g/mol. The smallest absolute Gasteiger partial charge is 0.145 e. The maximum absolute atomic E-state index is 5.99. The first-order chi connectivity index (χ1) is 19.6. The lowest BCUT2D eigenvalue weighted by Crippen LogP contribution is -2.37. The van der Waals surface area contributed by atoms with Crippen molar-refractivity contribution in [2.45, 2.75) is 58.0 Å². The second-order valence-corrected chi connectivity index (χ2v) is 11.3. The van der Waals surface area contributed by atoms with Crippen molar-refractivity contribution in [2.75, 3.05) is 38.5 Å². The molecule has 1 saturated carbocycles. The highest BCUT2D eigenvalue weighted by atomic mass is 16.5. The number of aromatic nitrogens is 3. The van der Waals surface area contributed by atoms with Gasteiger partial charge < -0.3 is 24.8 Å². The van der Waals surface area contributed by atoms with E-state index in [1.807, 2.05) is 43.4 Å². The molecule has 1 aliphatic rings. The van der Waals surface area contributed by atoms with E-state index in [4.69, 9.17) is 4.74 Å². The molecule has 4 aromatic rings. The van der Waals surface area contributed by atoms with Gasteiger partial charge in [-0.1, -0.05) is 30.3 Å². The van der Waals surface area contributed by atoms with Crippen LogP contribution >= 0.6 is 0 Å². The Morgan fingerprint density at radius 1 is 1.00 bits per heavy atom. The highest BCUT2D eigenvalue weighted by Crippen LogP contribution is 2.37. The molecule has 0 aliphatic heterocycles. The number of hydrogen-bond donors (Lipinski definition) is 2. The molecule has 0 spiro atoms. The van der Waals surface area contributed by atoms with E-state index in [0.29, 0.717) is 12.1 Å². The number of nitrogens with one attached hydrogen (secondary N) is 2. The number of ether oxygens (including phenoxy) is 1. The topological polar surface area (TPSA) is 67.2 Å². The first-order valence-electron chi connectivity index (χ1n) is 14.9. The third-order valence-corrected chi connectivity index (χ3v) is 8.14. The van der Waals surface area contributed by atoms with Crippen molar-refractivity contribution in [2.24, 2.45) is 5.92 Å². The average Bonchev–Trinajstić information content (AvgIpc) is 3.62. The minimum atomic E-state index is 0.523. The standard InChI is InChI=1S/C33H44N6O/c1-25(2)38(23-27-13-14-28(21-27)39-20-16-31-32(34-3)36-24-37-33(31)39)19-8-17-35-18-15-26-9-7-12-30(22-26)40-29-10-5-4-6-11-29/h4-7,9-12,16,20,22,24-25,27-28,35H,8,13-15,17-19,21,23H2,1-3H3,(H,34,36,37). The summed E-state index contributed by atoms with van der Waals surface area (Å²) in [5.41, 5.74) is 2.34. The highest BCUT2D eigenvalue weighted by Gasteiger charge is 2.29. The van der Waals surface area contributed by atoms with Gasteiger partial charge in [0.2, 0.25) is 0 Å². The normalized spacial score (nSPS) is 17.2. The average molecular weight is 541 g/mol. The maximum Gasteiger partial charge on any atom is 0.145 e. The number of benzene rings is 2. The van der Waals surface area contributed by atoms with Crippen LogP contribution in [0.4, 0.5) is 5.82 Å². The van der Waals surface area contributed by atoms with Crippen LogP contribution in [0.25, 0.3) is 11.0 Å². The van der Waals surface area contributed by atoms with Crippen LogP contribution in [0.2, 0.25) is 0 Å². The number of anilines is 1. The summed E-state index contributed by atoms with van der Waals surface area (Å²) in [6, 6.07) is 21.6. The van der Waals surface area contributed by atoms with Crippen molar-refractivity contribution in [1.82, 2.24) is 24.8 Å². The molecule has 2 aromatic heterocycles. The fraction of sp³-hybridized carbons (Fsp3) is 0.455. The number of rotatable bonds is 14. The van der Waals surface area contributed by atoms with Gasteiger partial charge in [0, 0.05) is 31.9 Å². The molecule has 0 radical (unpaired) electrons. The van der Waals surface area contributed by atoms with E-state index in [2.05, 4.69) is 74.4 Å². The Balaban J connectivity index is 1.03. The van der Waals surface area contributed by atoms with Crippen molar-refractivity contribution in [3.63, 3.8) is 0 Å². The predicted octanol–water partition coefficient (Wildman–Crippen LogP) is 6.54. The number of hydrogen-bond acceptors (Lipinski definition) is 6. The van der Waals surface area contributed by atoms with Gasteiger partial charge in [-0.2, -0.15) is 0 Å². The van der Waals surface area contributed by atoms with Crippen molar-refractivity contribution < 1.29 is 4.74 Å². The zero-order valence-electron chi connectivity index (χ0n) is 24.2. The molecule has 212 valence electrons. The van der Waals surface area contributed by atoms with Crippen molar-refractivity contribution in [1.29, 1.82) is 0 Å². The van der Waals surface area contributed by atoms with E-state index in [9.17, 15) is 0 Å². The fourth-order valence-electron chi connectivity index (χ4n) is 5.98. The first kappa shape index (κ1) is 28.1. The summed E-state index contributed by atoms with van der Waals surface area (Å²) in [4.78, 5) is 11.6. The van der Waals surface area contributed by atoms with Gasteiger partial charge in [-0.05, 0) is 107 Å². The summed E-state index contributed by atoms with van der Waals surface area (Å²) < 4.78 is 8.37. The summed E-state index contributed by atoms with van der Waals surface area (Å²) in [7, 11) is 1.92. The van der Waals surface area contributed by atoms with Crippen LogP contribution in [0.1, 0.15) is 51.1 Å². The molecule has 7 nitrogen and oxygen atoms in total. The van der Waals surface area contributed by atoms with Crippen LogP contribution in [-0.2, 0) is 6.42 Å². The lowest BCUT2D eigenvalue weighted by Gasteiger charge is -2.29. The first-order valence-corrected chi connectivity index (χ1v) is 14.9. The van der Waals surface area contributed by atoms with Gasteiger partial charge in [-0.25, -0.2) is 9.97 Å². The Labute approximate surface area is 239 Å². The molecule has 5 rings (SSSR count). The van der Waals surface area contributed by atoms with Crippen LogP contribution in [0, 0.1) is 5.92 Å². The molecule has 0 amide bonds. The van der Waals surface area contributed by atoms with E-state index < -0.39 is 0 Å². The Morgan fingerprint density at radius 3 is 2.67 bits per heavy atom. The molecule has 2 aromatic carbocycles. The molecule has 40 heavy (non-hydrogen) atoms. The second kappa shape index (κ2) is 13.8. The van der Waals surface area contributed by atoms with Gasteiger partial charge >= 0.3 is 0 Å². The van der Waals surface area contributed by atoms with Crippen LogP contribution in [-0.4, -0.2) is 58.7 Å². The summed E-state index contributed by atoms with van der Waals surface area (Å²) in [5, 5.41) is 7.95. The Morgan fingerprint density at radius 2 is 1.85 bits per heavy atom. The molecule has 2 unspecified atom stereocenters. The van der Waals surface area contributed by atoms with Crippen molar-refractivity contribution in [3.8, 4) is 11.5 Å². The molecule has 2 atom stereocenters. The van der Waals surface area contributed by atoms with E-state index in [1.165, 1.54) is 31.4 Å². The summed E-state index contributed by atoms with van der Waals surface area (Å²) in [6.07, 6.45) is 9.75. The SMILES string of the molecule is CNc1ncnc2c1ccn2C1CCC(CN(CCCNCCc2cccc(Oc3ccccc3)c2)C(C)C)C1. The number of fused-ring (bicyclic) bond motifs is 1. The maximum atomic E-state index is 5.99. The minimum Gasteiger partial charge on any atom is -0.457 e. The van der Waals surface area contributed by atoms with E-state index in [-0.39, 0.29) is 0 Å². The van der Waals surface area contributed by atoms with Crippen molar-refractivity contribution >= 4 is 16.9 Å². The van der Waals surface area contributed by atoms with Gasteiger partial charge in [0.1, 0.15) is 29.3 Å². The zero-order valence-corrected chi connectivity index (χ0v) is 24.2. The quantitative estimate of drug-likeness (QED) is 0.177. The molecular weight excluding hydrogens is 496 g/mol. The summed E-state index contributed by atoms with van der Waals surface area (Å²) in [5.74, 6) is 3.40. The Kier molecular flexibility index (Phi) is 9.68. The van der Waals surface area contributed by atoms with E-state index in [1.54, 1.807) is 6.33 Å². The molecular formula is C33H44N6O. The molecule has 0 saturated heterocycles. The summed E-state index contributed by atoms with van der Waals surface area (Å²) in [6.45, 7) is 9.00. The molecule has 0 bridgehead atoms. The number of para-hydroxylation sites is 1. The van der Waals surface area contributed by atoms with Gasteiger partial charge in [0.05, 0.1) is 5.39 Å². The third kappa shape index (κ3) is 7.20. The minimum absolute atomic E-state index is 0.523. The van der Waals surface area contributed by atoms with Crippen LogP contribution < -0.4 is 15.4 Å². The predicted molar refractivity (Wildman–Crippen MR) is 164 cm³/mol. The highest BCUT2D eigenvalue weighted by molar-refractivity contribution is 5.87. The molecule has 1 fully saturated rings. The van der Waals surface area contributed by atoms with Gasteiger partial charge in [-0.15, -0.1) is 0 Å². The number of nitrogens with zero attached hydrogens (tertiary/aromatic N) is 4. The van der Waals surface area contributed by atoms with Crippen LogP contribution in [0.3, 0.4) is 0 Å². The van der Waals surface area contributed by atoms with E-state index in [0.717, 1.165) is 66.7 Å². The third-order valence-electron chi connectivity index (χ3n) is 8.14. The Bertz CT molecular complexity index is 1340. The van der Waals surface area contributed by atoms with Crippen molar-refractivity contribution in [3.05, 3.63) is 78.8 Å². The molecule has 2 N–H and O–H groups in total.